The zero-order chi connectivity index (χ0) is 37.3. The van der Waals surface area contributed by atoms with E-state index in [4.69, 9.17) is 0 Å². The maximum Gasteiger partial charge on any atom is 0.0553 e. The Hall–Kier alpha value is -3.16. The standard InChI is InChI=1S/C48H50Br2N2S2/c1-3-5-7-13-29-51-41-21-9-11-23-45(41)53-47-31-35(25-27-43(47)51)17-15-19-37-33-39(49)40(50)34-38(37)20-16-18-36-26-28-44-48(32-36)54-46-24-12-10-22-42(46)52(44)30-14-8-6-4-2/h9-12,15-18,21-28,31-34H,3-8,13-14,19-20,29-30H2,1-2H3/b17-15+,18-16+. The highest BCUT2D eigenvalue weighted by Crippen LogP contribution is 2.50. The first-order valence-electron chi connectivity index (χ1n) is 19.7. The van der Waals surface area contributed by atoms with Gasteiger partial charge in [-0.15, -0.1) is 0 Å². The quantitative estimate of drug-likeness (QED) is 0.0911. The zero-order valence-corrected chi connectivity index (χ0v) is 36.3. The number of rotatable bonds is 16. The van der Waals surface area contributed by atoms with Crippen LogP contribution in [-0.2, 0) is 12.8 Å². The molecule has 0 saturated carbocycles. The molecule has 278 valence electrons. The van der Waals surface area contributed by atoms with Crippen LogP contribution >= 0.6 is 55.4 Å². The number of benzene rings is 5. The summed E-state index contributed by atoms with van der Waals surface area (Å²) in [5, 5.41) is 0. The Labute approximate surface area is 348 Å². The van der Waals surface area contributed by atoms with Crippen molar-refractivity contribution in [2.75, 3.05) is 22.9 Å². The lowest BCUT2D eigenvalue weighted by Gasteiger charge is -2.33. The van der Waals surface area contributed by atoms with Crippen molar-refractivity contribution in [2.24, 2.45) is 0 Å². The average Bonchev–Trinajstić information content (AvgIpc) is 3.19. The van der Waals surface area contributed by atoms with E-state index in [1.165, 1.54) is 116 Å². The third kappa shape index (κ3) is 9.44. The molecule has 0 fully saturated rings. The van der Waals surface area contributed by atoms with E-state index in [-0.39, 0.29) is 0 Å². The van der Waals surface area contributed by atoms with Crippen LogP contribution in [0.3, 0.4) is 0 Å². The van der Waals surface area contributed by atoms with Gasteiger partial charge in [-0.2, -0.15) is 0 Å². The van der Waals surface area contributed by atoms with Crippen LogP contribution in [0.1, 0.15) is 87.5 Å². The van der Waals surface area contributed by atoms with Gasteiger partial charge in [-0.05, 0) is 140 Å². The molecule has 0 radical (unpaired) electrons. The summed E-state index contributed by atoms with van der Waals surface area (Å²) in [4.78, 5) is 10.4. The molecule has 2 nitrogen and oxygen atoms in total. The number of fused-ring (bicyclic) bond motifs is 4. The summed E-state index contributed by atoms with van der Waals surface area (Å²) in [7, 11) is 0. The van der Waals surface area contributed by atoms with E-state index < -0.39 is 0 Å². The van der Waals surface area contributed by atoms with Gasteiger partial charge in [0.15, 0.2) is 0 Å². The maximum atomic E-state index is 3.78. The van der Waals surface area contributed by atoms with Crippen LogP contribution in [0.15, 0.2) is 138 Å². The summed E-state index contributed by atoms with van der Waals surface area (Å²) in [6.45, 7) is 6.69. The number of halogens is 2. The minimum absolute atomic E-state index is 0.870. The minimum Gasteiger partial charge on any atom is -0.340 e. The summed E-state index contributed by atoms with van der Waals surface area (Å²) in [5.41, 5.74) is 10.5. The Morgan fingerprint density at radius 1 is 0.481 bits per heavy atom. The smallest absolute Gasteiger partial charge is 0.0553 e. The largest absolute Gasteiger partial charge is 0.340 e. The number of allylic oxidation sites excluding steroid dienone is 2. The van der Waals surface area contributed by atoms with Crippen molar-refractivity contribution in [3.8, 4) is 0 Å². The van der Waals surface area contributed by atoms with Crippen LogP contribution < -0.4 is 9.80 Å². The van der Waals surface area contributed by atoms with E-state index in [9.17, 15) is 0 Å². The van der Waals surface area contributed by atoms with E-state index in [2.05, 4.69) is 177 Å². The molecule has 54 heavy (non-hydrogen) atoms. The summed E-state index contributed by atoms with van der Waals surface area (Å²) in [6.07, 6.45) is 21.1. The van der Waals surface area contributed by atoms with Gasteiger partial charge in [0.05, 0.1) is 22.7 Å². The van der Waals surface area contributed by atoms with Gasteiger partial charge in [0.1, 0.15) is 0 Å². The lowest BCUT2D eigenvalue weighted by molar-refractivity contribution is 0.665. The number of nitrogens with zero attached hydrogens (tertiary/aromatic N) is 2. The number of para-hydroxylation sites is 2. The summed E-state index contributed by atoms with van der Waals surface area (Å²) >= 11 is 11.4. The first kappa shape index (κ1) is 39.1. The fourth-order valence-electron chi connectivity index (χ4n) is 7.44. The van der Waals surface area contributed by atoms with Crippen molar-refractivity contribution < 1.29 is 0 Å². The molecule has 0 saturated heterocycles. The molecule has 0 bridgehead atoms. The number of hydrogen-bond donors (Lipinski definition) is 0. The van der Waals surface area contributed by atoms with Gasteiger partial charge < -0.3 is 9.80 Å². The summed E-state index contributed by atoms with van der Waals surface area (Å²) < 4.78 is 2.18. The molecule has 0 amide bonds. The second kappa shape index (κ2) is 19.1. The Morgan fingerprint density at radius 2 is 0.907 bits per heavy atom. The van der Waals surface area contributed by atoms with Gasteiger partial charge in [0.2, 0.25) is 0 Å². The molecule has 5 aromatic rings. The predicted molar refractivity (Wildman–Crippen MR) is 244 cm³/mol. The van der Waals surface area contributed by atoms with Crippen molar-refractivity contribution in [1.82, 2.24) is 0 Å². The molecular formula is C48H50Br2N2S2. The van der Waals surface area contributed by atoms with Gasteiger partial charge in [-0.25, -0.2) is 0 Å². The highest BCUT2D eigenvalue weighted by Gasteiger charge is 2.24. The third-order valence-corrected chi connectivity index (χ3v) is 14.4. The Balaban J connectivity index is 1.04. The van der Waals surface area contributed by atoms with Crippen LogP contribution in [0.2, 0.25) is 0 Å². The Kier molecular flexibility index (Phi) is 13.8. The molecule has 7 rings (SSSR count). The SMILES string of the molecule is CCCCCCN1c2ccccc2Sc2cc(/C=C/Cc3cc(Br)c(Br)cc3C/C=C/c3ccc4c(c3)Sc3ccccc3N4CCCCCC)ccc21. The molecule has 2 heterocycles. The highest BCUT2D eigenvalue weighted by atomic mass is 79.9. The maximum absolute atomic E-state index is 3.78. The van der Waals surface area contributed by atoms with Gasteiger partial charge in [-0.3, -0.25) is 0 Å². The van der Waals surface area contributed by atoms with Gasteiger partial charge in [0, 0.05) is 41.6 Å². The van der Waals surface area contributed by atoms with E-state index in [0.29, 0.717) is 0 Å². The van der Waals surface area contributed by atoms with Crippen molar-refractivity contribution in [3.63, 3.8) is 0 Å². The second-order valence-corrected chi connectivity index (χ2v) is 18.1. The first-order valence-corrected chi connectivity index (χ1v) is 22.9. The molecule has 5 aromatic carbocycles. The number of anilines is 4. The lowest BCUT2D eigenvalue weighted by Crippen LogP contribution is -2.22. The van der Waals surface area contributed by atoms with Gasteiger partial charge >= 0.3 is 0 Å². The van der Waals surface area contributed by atoms with Gasteiger partial charge in [0.25, 0.3) is 0 Å². The monoisotopic (exact) mass is 876 g/mol. The van der Waals surface area contributed by atoms with E-state index in [1.54, 1.807) is 0 Å². The highest BCUT2D eigenvalue weighted by molar-refractivity contribution is 9.13. The molecule has 0 unspecified atom stereocenters. The normalized spacial score (nSPS) is 13.3. The van der Waals surface area contributed by atoms with E-state index in [1.807, 2.05) is 23.5 Å². The Bertz CT molecular complexity index is 1970. The van der Waals surface area contributed by atoms with Crippen molar-refractivity contribution >= 4 is 90.3 Å². The lowest BCUT2D eigenvalue weighted by atomic mass is 10.0. The molecular weight excluding hydrogens is 828 g/mol. The van der Waals surface area contributed by atoms with Crippen molar-refractivity contribution in [3.05, 3.63) is 140 Å². The number of hydrogen-bond acceptors (Lipinski definition) is 4. The molecule has 6 heteroatoms. The van der Waals surface area contributed by atoms with Crippen LogP contribution in [0.4, 0.5) is 22.7 Å². The van der Waals surface area contributed by atoms with Crippen LogP contribution in [0.5, 0.6) is 0 Å². The van der Waals surface area contributed by atoms with E-state index in [0.717, 1.165) is 34.9 Å². The molecule has 0 atom stereocenters. The molecule has 2 aliphatic rings. The van der Waals surface area contributed by atoms with Crippen LogP contribution in [0.25, 0.3) is 12.2 Å². The molecule has 0 spiro atoms. The predicted octanol–water partition coefficient (Wildman–Crippen LogP) is 16.1. The molecule has 0 aromatic heterocycles. The third-order valence-electron chi connectivity index (χ3n) is 10.3. The molecule has 0 N–H and O–H groups in total. The van der Waals surface area contributed by atoms with E-state index >= 15 is 0 Å². The van der Waals surface area contributed by atoms with Crippen LogP contribution in [0, 0.1) is 0 Å². The summed E-state index contributed by atoms with van der Waals surface area (Å²) in [6, 6.07) is 36.2. The Morgan fingerprint density at radius 3 is 1.35 bits per heavy atom. The first-order chi connectivity index (χ1) is 26.5. The fraction of sp³-hybridized carbons (Fsp3) is 0.292. The van der Waals surface area contributed by atoms with Gasteiger partial charge in [-0.1, -0.05) is 137 Å². The second-order valence-electron chi connectivity index (χ2n) is 14.3. The van der Waals surface area contributed by atoms with Crippen molar-refractivity contribution in [2.45, 2.75) is 97.6 Å². The average molecular weight is 879 g/mol. The zero-order valence-electron chi connectivity index (χ0n) is 31.5. The summed E-state index contributed by atoms with van der Waals surface area (Å²) in [5.74, 6) is 0. The van der Waals surface area contributed by atoms with Crippen LogP contribution in [-0.4, -0.2) is 13.1 Å². The number of unbranched alkanes of at least 4 members (excludes halogenated alkanes) is 6. The van der Waals surface area contributed by atoms with Crippen molar-refractivity contribution in [1.29, 1.82) is 0 Å². The molecule has 0 aliphatic carbocycles. The minimum atomic E-state index is 0.870. The fourth-order valence-corrected chi connectivity index (χ4v) is 10.5. The molecule has 2 aliphatic heterocycles. The topological polar surface area (TPSA) is 6.48 Å².